The number of nitrogens with two attached hydrogens (primary N) is 1. The molecule has 0 fully saturated rings. The van der Waals surface area contributed by atoms with Crippen molar-refractivity contribution < 1.29 is 0 Å². The van der Waals surface area contributed by atoms with Crippen LogP contribution in [0.25, 0.3) is 0 Å². The van der Waals surface area contributed by atoms with Crippen molar-refractivity contribution in [3.05, 3.63) is 33.3 Å². The van der Waals surface area contributed by atoms with Gasteiger partial charge in [-0.25, -0.2) is 0 Å². The van der Waals surface area contributed by atoms with Gasteiger partial charge in [-0.3, -0.25) is 11.3 Å². The largest absolute Gasteiger partial charge is 0.271 e. The first-order chi connectivity index (χ1) is 7.69. The predicted molar refractivity (Wildman–Crippen MR) is 71.9 cm³/mol. The first kappa shape index (κ1) is 13.5. The molecule has 2 nitrogen and oxygen atoms in total. The molecule has 0 saturated carbocycles. The van der Waals surface area contributed by atoms with E-state index in [9.17, 15) is 0 Å². The Balaban J connectivity index is 2.78. The van der Waals surface area contributed by atoms with E-state index < -0.39 is 0 Å². The average molecular weight is 302 g/mol. The van der Waals surface area contributed by atoms with Gasteiger partial charge in [0.1, 0.15) is 0 Å². The van der Waals surface area contributed by atoms with Crippen molar-refractivity contribution >= 4 is 27.5 Å². The maximum absolute atomic E-state index is 6.13. The summed E-state index contributed by atoms with van der Waals surface area (Å²) >= 11 is 9.54. The fraction of sp³-hybridized carbons (Fsp3) is 0.333. The monoisotopic (exact) mass is 300 g/mol. The number of terminal acetylenes is 1. The molecule has 1 aromatic rings. The molecule has 0 aliphatic heterocycles. The molecular weight excluding hydrogens is 288 g/mol. The van der Waals surface area contributed by atoms with Crippen molar-refractivity contribution in [2.45, 2.75) is 25.3 Å². The van der Waals surface area contributed by atoms with Crippen LogP contribution in [0, 0.1) is 12.3 Å². The fourth-order valence-corrected chi connectivity index (χ4v) is 2.15. The molecular formula is C12H14BrClN2. The zero-order chi connectivity index (χ0) is 12.0. The Labute approximate surface area is 110 Å². The highest BCUT2D eigenvalue weighted by Crippen LogP contribution is 2.28. The van der Waals surface area contributed by atoms with Gasteiger partial charge in [-0.2, -0.15) is 0 Å². The van der Waals surface area contributed by atoms with Crippen molar-refractivity contribution in [2.75, 3.05) is 0 Å². The third-order valence-electron chi connectivity index (χ3n) is 2.35. The molecule has 4 heteroatoms. The van der Waals surface area contributed by atoms with Gasteiger partial charge in [0.2, 0.25) is 0 Å². The second-order valence-electron chi connectivity index (χ2n) is 3.48. The summed E-state index contributed by atoms with van der Waals surface area (Å²) in [5.41, 5.74) is 3.77. The lowest BCUT2D eigenvalue weighted by atomic mass is 10.0. The van der Waals surface area contributed by atoms with Gasteiger partial charge in [0.25, 0.3) is 0 Å². The van der Waals surface area contributed by atoms with Crippen molar-refractivity contribution in [2.24, 2.45) is 5.84 Å². The number of hydrazine groups is 1. The zero-order valence-electron chi connectivity index (χ0n) is 8.84. The minimum atomic E-state index is 0.0401. The van der Waals surface area contributed by atoms with E-state index in [1.807, 2.05) is 18.2 Å². The molecule has 0 aliphatic rings. The molecule has 1 atom stereocenters. The minimum Gasteiger partial charge on any atom is -0.271 e. The van der Waals surface area contributed by atoms with E-state index in [-0.39, 0.29) is 6.04 Å². The zero-order valence-corrected chi connectivity index (χ0v) is 11.2. The Morgan fingerprint density at radius 1 is 1.56 bits per heavy atom. The fourth-order valence-electron chi connectivity index (χ4n) is 1.52. The van der Waals surface area contributed by atoms with Gasteiger partial charge in [0.15, 0.2) is 0 Å². The van der Waals surface area contributed by atoms with Crippen LogP contribution in [0.5, 0.6) is 0 Å². The molecule has 1 rings (SSSR count). The minimum absolute atomic E-state index is 0.0401. The van der Waals surface area contributed by atoms with Gasteiger partial charge in [-0.15, -0.1) is 12.3 Å². The van der Waals surface area contributed by atoms with Crippen molar-refractivity contribution in [3.8, 4) is 12.3 Å². The third-order valence-corrected chi connectivity index (χ3v) is 3.19. The van der Waals surface area contributed by atoms with E-state index in [1.54, 1.807) is 0 Å². The topological polar surface area (TPSA) is 38.0 Å². The molecule has 16 heavy (non-hydrogen) atoms. The summed E-state index contributed by atoms with van der Waals surface area (Å²) in [6, 6.07) is 5.77. The summed E-state index contributed by atoms with van der Waals surface area (Å²) in [4.78, 5) is 0. The first-order valence-corrected chi connectivity index (χ1v) is 6.20. The smallest absolute Gasteiger partial charge is 0.0475 e. The normalized spacial score (nSPS) is 12.1. The molecule has 86 valence electrons. The van der Waals surface area contributed by atoms with Crippen molar-refractivity contribution in [3.63, 3.8) is 0 Å². The SMILES string of the molecule is C#CCCCC(NN)c1cc(Br)ccc1Cl. The predicted octanol–water partition coefficient (Wildman–Crippen LogP) is 3.41. The number of hydrogen-bond donors (Lipinski definition) is 2. The summed E-state index contributed by atoms with van der Waals surface area (Å²) in [5, 5.41) is 0.715. The van der Waals surface area contributed by atoms with Crippen molar-refractivity contribution in [1.82, 2.24) is 5.43 Å². The Morgan fingerprint density at radius 2 is 2.31 bits per heavy atom. The molecule has 0 heterocycles. The lowest BCUT2D eigenvalue weighted by Gasteiger charge is -2.17. The number of nitrogens with one attached hydrogen (secondary N) is 1. The van der Waals surface area contributed by atoms with E-state index in [0.717, 1.165) is 29.3 Å². The quantitative estimate of drug-likeness (QED) is 0.378. The van der Waals surface area contributed by atoms with Gasteiger partial charge in [-0.1, -0.05) is 27.5 Å². The summed E-state index contributed by atoms with van der Waals surface area (Å²) in [6.07, 6.45) is 7.76. The van der Waals surface area contributed by atoms with Crippen LogP contribution in [-0.2, 0) is 0 Å². The standard InChI is InChI=1S/C12H14BrClN2/c1-2-3-4-5-12(16-15)10-8-9(13)6-7-11(10)14/h1,6-8,12,16H,3-5,15H2. The Hall–Kier alpha value is -0.530. The van der Waals surface area contributed by atoms with E-state index >= 15 is 0 Å². The van der Waals surface area contributed by atoms with Gasteiger partial charge < -0.3 is 0 Å². The molecule has 0 spiro atoms. The van der Waals surface area contributed by atoms with Crippen LogP contribution in [0.3, 0.4) is 0 Å². The number of hydrogen-bond acceptors (Lipinski definition) is 2. The van der Waals surface area contributed by atoms with E-state index in [2.05, 4.69) is 27.3 Å². The van der Waals surface area contributed by atoms with Crippen LogP contribution in [0.2, 0.25) is 5.02 Å². The van der Waals surface area contributed by atoms with Crippen LogP contribution in [0.1, 0.15) is 30.9 Å². The molecule has 0 saturated heterocycles. The number of unbranched alkanes of at least 4 members (excludes halogenated alkanes) is 1. The van der Waals surface area contributed by atoms with Gasteiger partial charge >= 0.3 is 0 Å². The second kappa shape index (κ2) is 6.93. The van der Waals surface area contributed by atoms with Gasteiger partial charge in [0, 0.05) is 22.0 Å². The van der Waals surface area contributed by atoms with Crippen LogP contribution in [-0.4, -0.2) is 0 Å². The van der Waals surface area contributed by atoms with Gasteiger partial charge in [0.05, 0.1) is 0 Å². The number of benzene rings is 1. The van der Waals surface area contributed by atoms with Crippen LogP contribution >= 0.6 is 27.5 Å². The molecule has 1 unspecified atom stereocenters. The molecule has 0 amide bonds. The molecule has 0 aromatic heterocycles. The molecule has 1 aromatic carbocycles. The van der Waals surface area contributed by atoms with Gasteiger partial charge in [-0.05, 0) is 36.6 Å². The van der Waals surface area contributed by atoms with Crippen LogP contribution in [0.4, 0.5) is 0 Å². The molecule has 0 bridgehead atoms. The molecule has 3 N–H and O–H groups in total. The van der Waals surface area contributed by atoms with E-state index in [0.29, 0.717) is 5.02 Å². The molecule has 0 aliphatic carbocycles. The second-order valence-corrected chi connectivity index (χ2v) is 4.80. The summed E-state index contributed by atoms with van der Waals surface area (Å²) in [5.74, 6) is 8.14. The number of halogens is 2. The summed E-state index contributed by atoms with van der Waals surface area (Å²) in [7, 11) is 0. The number of rotatable bonds is 5. The average Bonchev–Trinajstić information content (AvgIpc) is 2.28. The van der Waals surface area contributed by atoms with E-state index in [4.69, 9.17) is 23.9 Å². The highest BCUT2D eigenvalue weighted by molar-refractivity contribution is 9.10. The van der Waals surface area contributed by atoms with Crippen LogP contribution in [0.15, 0.2) is 22.7 Å². The molecule has 0 radical (unpaired) electrons. The van der Waals surface area contributed by atoms with E-state index in [1.165, 1.54) is 0 Å². The lowest BCUT2D eigenvalue weighted by Crippen LogP contribution is -2.28. The third kappa shape index (κ3) is 3.80. The summed E-state index contributed by atoms with van der Waals surface area (Å²) < 4.78 is 0.990. The van der Waals surface area contributed by atoms with Crippen molar-refractivity contribution in [1.29, 1.82) is 0 Å². The highest BCUT2D eigenvalue weighted by Gasteiger charge is 2.13. The summed E-state index contributed by atoms with van der Waals surface area (Å²) in [6.45, 7) is 0. The first-order valence-electron chi connectivity index (χ1n) is 5.03. The Kier molecular flexibility index (Phi) is 5.86. The Bertz CT molecular complexity index is 387. The maximum Gasteiger partial charge on any atom is 0.0475 e. The van der Waals surface area contributed by atoms with Crippen LogP contribution < -0.4 is 11.3 Å². The Morgan fingerprint density at radius 3 is 2.94 bits per heavy atom. The highest BCUT2D eigenvalue weighted by atomic mass is 79.9. The lowest BCUT2D eigenvalue weighted by molar-refractivity contribution is 0.502. The maximum atomic E-state index is 6.13.